The molecule has 2 N–H and O–H groups in total. The highest BCUT2D eigenvalue weighted by atomic mass is 35.5. The maximum absolute atomic E-state index is 8.49. The molecule has 0 saturated heterocycles. The minimum atomic E-state index is 0.339. The fourth-order valence-corrected chi connectivity index (χ4v) is 0.840. The predicted octanol–water partition coefficient (Wildman–Crippen LogP) is 2.01. The first kappa shape index (κ1) is 7.86. The number of nitriles is 1. The van der Waals surface area contributed by atoms with E-state index in [-0.39, 0.29) is 0 Å². The molecule has 1 aromatic carbocycles. The Hall–Kier alpha value is -1.24. The first-order valence-corrected chi connectivity index (χ1v) is 3.25. The van der Waals surface area contributed by atoms with E-state index in [0.29, 0.717) is 16.3 Å². The van der Waals surface area contributed by atoms with E-state index in [1.807, 2.05) is 11.5 Å². The molecule has 0 radical (unpaired) electrons. The monoisotopic (exact) mass is 168 g/mol. The Kier molecular flexibility index (Phi) is 2.32. The quantitative estimate of drug-likeness (QED) is 0.631. The average molecular weight is 169 g/mol. The Labute approximate surface area is 68.8 Å². The molecule has 0 aromatic heterocycles. The van der Waals surface area contributed by atoms with Crippen LogP contribution in [0.2, 0.25) is 5.02 Å². The van der Waals surface area contributed by atoms with Crippen LogP contribution < -0.4 is 5.48 Å². The highest BCUT2D eigenvalue weighted by molar-refractivity contribution is 6.33. The van der Waals surface area contributed by atoms with Gasteiger partial charge in [-0.2, -0.15) is 5.26 Å². The highest BCUT2D eigenvalue weighted by Crippen LogP contribution is 2.21. The SMILES string of the molecule is N#Cc1ccc(Cl)c(NO)c1. The number of nitrogens with one attached hydrogen (secondary N) is 1. The summed E-state index contributed by atoms with van der Waals surface area (Å²) in [5.74, 6) is 0. The van der Waals surface area contributed by atoms with Gasteiger partial charge in [0.2, 0.25) is 0 Å². The molecule has 0 heterocycles. The Morgan fingerprint density at radius 1 is 1.55 bits per heavy atom. The van der Waals surface area contributed by atoms with Gasteiger partial charge in [-0.05, 0) is 18.2 Å². The molecule has 0 bridgehead atoms. The number of hydrogen-bond donors (Lipinski definition) is 2. The van der Waals surface area contributed by atoms with E-state index < -0.39 is 0 Å². The molecule has 0 atom stereocenters. The van der Waals surface area contributed by atoms with Crippen molar-refractivity contribution in [3.8, 4) is 6.07 Å². The molecule has 1 rings (SSSR count). The van der Waals surface area contributed by atoms with Crippen LogP contribution in [0.4, 0.5) is 5.69 Å². The molecular weight excluding hydrogens is 164 g/mol. The van der Waals surface area contributed by atoms with Crippen molar-refractivity contribution in [1.29, 1.82) is 5.26 Å². The van der Waals surface area contributed by atoms with Gasteiger partial charge in [-0.3, -0.25) is 10.7 Å². The third-order valence-electron chi connectivity index (χ3n) is 1.22. The molecule has 0 amide bonds. The Morgan fingerprint density at radius 3 is 2.82 bits per heavy atom. The van der Waals surface area contributed by atoms with Crippen LogP contribution >= 0.6 is 11.6 Å². The average Bonchev–Trinajstić information content (AvgIpc) is 2.05. The second-order valence-corrected chi connectivity index (χ2v) is 2.33. The molecule has 3 nitrogen and oxygen atoms in total. The summed E-state index contributed by atoms with van der Waals surface area (Å²) < 4.78 is 0. The maximum atomic E-state index is 8.49. The Morgan fingerprint density at radius 2 is 2.27 bits per heavy atom. The van der Waals surface area contributed by atoms with Gasteiger partial charge in [-0.1, -0.05) is 11.6 Å². The molecule has 1 aromatic rings. The van der Waals surface area contributed by atoms with Crippen LogP contribution in [0.25, 0.3) is 0 Å². The minimum Gasteiger partial charge on any atom is -0.291 e. The molecule has 0 aliphatic heterocycles. The molecule has 56 valence electrons. The number of nitrogens with zero attached hydrogens (tertiary/aromatic N) is 1. The van der Waals surface area contributed by atoms with Gasteiger partial charge >= 0.3 is 0 Å². The fraction of sp³-hybridized carbons (Fsp3) is 0. The minimum absolute atomic E-state index is 0.339. The van der Waals surface area contributed by atoms with Crippen molar-refractivity contribution < 1.29 is 5.21 Å². The van der Waals surface area contributed by atoms with E-state index in [2.05, 4.69) is 0 Å². The van der Waals surface area contributed by atoms with Gasteiger partial charge in [0.1, 0.15) is 0 Å². The van der Waals surface area contributed by atoms with Crippen molar-refractivity contribution in [3.05, 3.63) is 28.8 Å². The molecule has 0 fully saturated rings. The van der Waals surface area contributed by atoms with Crippen LogP contribution in [-0.2, 0) is 0 Å². The topological polar surface area (TPSA) is 56.0 Å². The van der Waals surface area contributed by atoms with Crippen molar-refractivity contribution in [1.82, 2.24) is 0 Å². The predicted molar refractivity (Wildman–Crippen MR) is 41.6 cm³/mol. The summed E-state index contributed by atoms with van der Waals surface area (Å²) in [7, 11) is 0. The second kappa shape index (κ2) is 3.24. The lowest BCUT2D eigenvalue weighted by molar-refractivity contribution is 0.389. The van der Waals surface area contributed by atoms with Gasteiger partial charge in [0.05, 0.1) is 22.3 Å². The standard InChI is InChI=1S/C7H5ClN2O/c8-6-2-1-5(4-9)3-7(6)10-11/h1-3,10-11H. The summed E-state index contributed by atoms with van der Waals surface area (Å²) in [5.41, 5.74) is 2.68. The van der Waals surface area contributed by atoms with E-state index in [1.54, 1.807) is 12.1 Å². The number of rotatable bonds is 1. The van der Waals surface area contributed by atoms with Crippen LogP contribution in [0.15, 0.2) is 18.2 Å². The summed E-state index contributed by atoms with van der Waals surface area (Å²) in [5, 5.41) is 17.3. The van der Waals surface area contributed by atoms with E-state index in [0.717, 1.165) is 0 Å². The third-order valence-corrected chi connectivity index (χ3v) is 1.55. The van der Waals surface area contributed by atoms with Crippen LogP contribution in [-0.4, -0.2) is 5.21 Å². The lowest BCUT2D eigenvalue weighted by Crippen LogP contribution is -1.90. The van der Waals surface area contributed by atoms with Crippen molar-refractivity contribution in [2.75, 3.05) is 5.48 Å². The van der Waals surface area contributed by atoms with Crippen molar-refractivity contribution in [2.24, 2.45) is 0 Å². The Balaban J connectivity index is 3.15. The summed E-state index contributed by atoms with van der Waals surface area (Å²) in [6.45, 7) is 0. The number of anilines is 1. The number of halogens is 1. The summed E-state index contributed by atoms with van der Waals surface area (Å²) in [6, 6.07) is 6.49. The van der Waals surface area contributed by atoms with E-state index in [4.69, 9.17) is 22.1 Å². The molecule has 0 spiro atoms. The van der Waals surface area contributed by atoms with Crippen LogP contribution in [0.3, 0.4) is 0 Å². The zero-order valence-electron chi connectivity index (χ0n) is 5.50. The molecule has 4 heteroatoms. The zero-order chi connectivity index (χ0) is 8.27. The van der Waals surface area contributed by atoms with Gasteiger partial charge < -0.3 is 0 Å². The van der Waals surface area contributed by atoms with E-state index in [9.17, 15) is 0 Å². The normalized spacial score (nSPS) is 8.82. The van der Waals surface area contributed by atoms with Gasteiger partial charge in [0, 0.05) is 0 Å². The molecule has 0 aliphatic carbocycles. The van der Waals surface area contributed by atoms with E-state index in [1.165, 1.54) is 6.07 Å². The van der Waals surface area contributed by atoms with Crippen LogP contribution in [0.1, 0.15) is 5.56 Å². The first-order valence-electron chi connectivity index (χ1n) is 2.87. The smallest absolute Gasteiger partial charge is 0.0992 e. The molecule has 0 unspecified atom stereocenters. The lowest BCUT2D eigenvalue weighted by Gasteiger charge is -2.00. The van der Waals surface area contributed by atoms with Gasteiger partial charge in [0.15, 0.2) is 0 Å². The third kappa shape index (κ3) is 1.61. The number of hydrogen-bond acceptors (Lipinski definition) is 3. The lowest BCUT2D eigenvalue weighted by atomic mass is 10.2. The maximum Gasteiger partial charge on any atom is 0.0992 e. The first-order chi connectivity index (χ1) is 5.27. The van der Waals surface area contributed by atoms with Crippen LogP contribution in [0.5, 0.6) is 0 Å². The second-order valence-electron chi connectivity index (χ2n) is 1.92. The van der Waals surface area contributed by atoms with Crippen molar-refractivity contribution in [2.45, 2.75) is 0 Å². The zero-order valence-corrected chi connectivity index (χ0v) is 6.26. The summed E-state index contributed by atoms with van der Waals surface area (Å²) in [4.78, 5) is 0. The Bertz CT molecular complexity index is 306. The van der Waals surface area contributed by atoms with E-state index >= 15 is 0 Å². The largest absolute Gasteiger partial charge is 0.291 e. The van der Waals surface area contributed by atoms with Gasteiger partial charge in [-0.15, -0.1) is 0 Å². The molecular formula is C7H5ClN2O. The molecule has 11 heavy (non-hydrogen) atoms. The van der Waals surface area contributed by atoms with Crippen molar-refractivity contribution >= 4 is 17.3 Å². The molecule has 0 saturated carbocycles. The van der Waals surface area contributed by atoms with Gasteiger partial charge in [0.25, 0.3) is 0 Å². The van der Waals surface area contributed by atoms with Crippen LogP contribution in [0, 0.1) is 11.3 Å². The van der Waals surface area contributed by atoms with Gasteiger partial charge in [-0.25, -0.2) is 0 Å². The summed E-state index contributed by atoms with van der Waals surface area (Å²) in [6.07, 6.45) is 0. The fourth-order valence-electron chi connectivity index (χ4n) is 0.681. The van der Waals surface area contributed by atoms with Crippen molar-refractivity contribution in [3.63, 3.8) is 0 Å². The molecule has 0 aliphatic rings. The number of benzene rings is 1. The summed E-state index contributed by atoms with van der Waals surface area (Å²) >= 11 is 5.62. The highest BCUT2D eigenvalue weighted by Gasteiger charge is 1.98.